The number of amides is 1. The number of aromatic nitrogens is 2. The van der Waals surface area contributed by atoms with E-state index in [1.807, 2.05) is 55.5 Å². The fraction of sp³-hybridized carbons (Fsp3) is 0.118. The van der Waals surface area contributed by atoms with Gasteiger partial charge in [-0.15, -0.1) is 0 Å². The second kappa shape index (κ2) is 7.11. The summed E-state index contributed by atoms with van der Waals surface area (Å²) < 4.78 is 0. The lowest BCUT2D eigenvalue weighted by Crippen LogP contribution is -2.19. The van der Waals surface area contributed by atoms with Crippen molar-refractivity contribution in [2.24, 2.45) is 5.10 Å². The summed E-state index contributed by atoms with van der Waals surface area (Å²) in [6.07, 6.45) is 1.64. The van der Waals surface area contributed by atoms with Crippen LogP contribution in [0, 0.1) is 6.92 Å². The van der Waals surface area contributed by atoms with Gasteiger partial charge in [-0.1, -0.05) is 53.7 Å². The molecule has 3 rings (SSSR count). The van der Waals surface area contributed by atoms with Gasteiger partial charge in [0.2, 0.25) is 0 Å². The van der Waals surface area contributed by atoms with E-state index in [4.69, 9.17) is 0 Å². The maximum atomic E-state index is 11.8. The highest BCUT2D eigenvalue weighted by atomic mass is 32.2. The second-order valence-electron chi connectivity index (χ2n) is 5.06. The maximum absolute atomic E-state index is 11.8. The minimum absolute atomic E-state index is 0.167. The first-order chi connectivity index (χ1) is 11.2. The second-order valence-corrected chi connectivity index (χ2v) is 6.02. The Kier molecular flexibility index (Phi) is 4.73. The predicted octanol–water partition coefficient (Wildman–Crippen LogP) is 3.11. The molecule has 0 aliphatic rings. The van der Waals surface area contributed by atoms with Crippen LogP contribution < -0.4 is 5.43 Å². The number of carbonyl (C=O) groups excluding carboxylic acids is 1. The molecule has 6 heteroatoms. The number of para-hydroxylation sites is 2. The van der Waals surface area contributed by atoms with Crippen molar-refractivity contribution in [3.8, 4) is 0 Å². The summed E-state index contributed by atoms with van der Waals surface area (Å²) in [5, 5.41) is 4.70. The minimum atomic E-state index is -0.167. The molecule has 1 amide bonds. The van der Waals surface area contributed by atoms with Gasteiger partial charge in [-0.25, -0.2) is 10.4 Å². The average molecular weight is 324 g/mol. The van der Waals surface area contributed by atoms with Crippen molar-refractivity contribution in [3.05, 3.63) is 59.7 Å². The molecule has 0 saturated heterocycles. The van der Waals surface area contributed by atoms with Gasteiger partial charge in [-0.3, -0.25) is 4.79 Å². The Morgan fingerprint density at radius 2 is 2.17 bits per heavy atom. The van der Waals surface area contributed by atoms with Crippen LogP contribution in [0.4, 0.5) is 0 Å². The lowest BCUT2D eigenvalue weighted by molar-refractivity contribution is -0.118. The number of benzene rings is 2. The third kappa shape index (κ3) is 4.20. The quantitative estimate of drug-likeness (QED) is 0.430. The summed E-state index contributed by atoms with van der Waals surface area (Å²) in [4.78, 5) is 19.4. The van der Waals surface area contributed by atoms with Crippen molar-refractivity contribution in [3.63, 3.8) is 0 Å². The Labute approximate surface area is 138 Å². The predicted molar refractivity (Wildman–Crippen MR) is 93.7 cm³/mol. The Morgan fingerprint density at radius 3 is 3.00 bits per heavy atom. The highest BCUT2D eigenvalue weighted by Gasteiger charge is 2.06. The normalized spacial score (nSPS) is 11.2. The number of aryl methyl sites for hydroxylation is 1. The molecular formula is C17H16N4OS. The van der Waals surface area contributed by atoms with Crippen LogP contribution in [0.2, 0.25) is 0 Å². The number of fused-ring (bicyclic) bond motifs is 1. The zero-order chi connectivity index (χ0) is 16.1. The molecule has 0 spiro atoms. The number of nitrogens with one attached hydrogen (secondary N) is 2. The van der Waals surface area contributed by atoms with Crippen molar-refractivity contribution in [1.29, 1.82) is 0 Å². The molecule has 1 aromatic heterocycles. The monoisotopic (exact) mass is 324 g/mol. The smallest absolute Gasteiger partial charge is 0.250 e. The van der Waals surface area contributed by atoms with Crippen LogP contribution in [0.1, 0.15) is 11.1 Å². The number of hydrogen-bond acceptors (Lipinski definition) is 4. The molecule has 0 atom stereocenters. The molecule has 0 unspecified atom stereocenters. The third-order valence-electron chi connectivity index (χ3n) is 3.15. The van der Waals surface area contributed by atoms with Crippen LogP contribution in [0.15, 0.2) is 58.8 Å². The van der Waals surface area contributed by atoms with Gasteiger partial charge >= 0.3 is 0 Å². The molecule has 0 fully saturated rings. The van der Waals surface area contributed by atoms with Crippen LogP contribution in [0.3, 0.4) is 0 Å². The first-order valence-electron chi connectivity index (χ1n) is 7.17. The lowest BCUT2D eigenvalue weighted by Gasteiger charge is -1.98. The molecule has 0 bridgehead atoms. The summed E-state index contributed by atoms with van der Waals surface area (Å²) in [6.45, 7) is 2.01. The zero-order valence-corrected chi connectivity index (χ0v) is 13.4. The number of hydrazone groups is 1. The van der Waals surface area contributed by atoms with E-state index in [0.717, 1.165) is 27.3 Å². The van der Waals surface area contributed by atoms with E-state index in [1.165, 1.54) is 11.8 Å². The Balaban J connectivity index is 1.51. The number of hydrogen-bond donors (Lipinski definition) is 2. The van der Waals surface area contributed by atoms with Crippen molar-refractivity contribution >= 4 is 34.9 Å². The minimum Gasteiger partial charge on any atom is -0.333 e. The average Bonchev–Trinajstić information content (AvgIpc) is 2.96. The van der Waals surface area contributed by atoms with E-state index in [9.17, 15) is 4.79 Å². The van der Waals surface area contributed by atoms with E-state index in [-0.39, 0.29) is 11.7 Å². The van der Waals surface area contributed by atoms with Crippen LogP contribution in [0.25, 0.3) is 11.0 Å². The van der Waals surface area contributed by atoms with Gasteiger partial charge in [0.15, 0.2) is 5.16 Å². The van der Waals surface area contributed by atoms with Crippen molar-refractivity contribution in [2.75, 3.05) is 5.75 Å². The van der Waals surface area contributed by atoms with Gasteiger partial charge in [-0.2, -0.15) is 5.10 Å². The summed E-state index contributed by atoms with van der Waals surface area (Å²) in [7, 11) is 0. The molecule has 5 nitrogen and oxygen atoms in total. The van der Waals surface area contributed by atoms with E-state index in [0.29, 0.717) is 0 Å². The Hall–Kier alpha value is -2.60. The zero-order valence-electron chi connectivity index (χ0n) is 12.6. The third-order valence-corrected chi connectivity index (χ3v) is 4.03. The van der Waals surface area contributed by atoms with Gasteiger partial charge in [-0.05, 0) is 24.6 Å². The van der Waals surface area contributed by atoms with Gasteiger partial charge in [0.05, 0.1) is 23.0 Å². The summed E-state index contributed by atoms with van der Waals surface area (Å²) in [5.41, 5.74) is 6.49. The van der Waals surface area contributed by atoms with E-state index >= 15 is 0 Å². The molecule has 3 aromatic rings. The number of thioether (sulfide) groups is 1. The number of aromatic amines is 1. The number of imidazole rings is 1. The molecule has 0 saturated carbocycles. The van der Waals surface area contributed by atoms with Crippen molar-refractivity contribution < 1.29 is 4.79 Å². The largest absolute Gasteiger partial charge is 0.333 e. The highest BCUT2D eigenvalue weighted by molar-refractivity contribution is 7.99. The van der Waals surface area contributed by atoms with E-state index in [1.54, 1.807) is 6.21 Å². The topological polar surface area (TPSA) is 70.1 Å². The van der Waals surface area contributed by atoms with Crippen LogP contribution >= 0.6 is 11.8 Å². The molecule has 0 radical (unpaired) electrons. The number of carbonyl (C=O) groups is 1. The Morgan fingerprint density at radius 1 is 1.30 bits per heavy atom. The maximum Gasteiger partial charge on any atom is 0.250 e. The van der Waals surface area contributed by atoms with Crippen LogP contribution in [0.5, 0.6) is 0 Å². The van der Waals surface area contributed by atoms with E-state index < -0.39 is 0 Å². The number of rotatable bonds is 5. The van der Waals surface area contributed by atoms with Gasteiger partial charge in [0.1, 0.15) is 0 Å². The standard InChI is InChI=1S/C17H16N4OS/c1-12-5-4-6-13(9-12)10-18-21-16(22)11-23-17-19-14-7-2-3-8-15(14)20-17/h2-10H,11H2,1H3,(H,19,20)(H,21,22). The highest BCUT2D eigenvalue weighted by Crippen LogP contribution is 2.18. The van der Waals surface area contributed by atoms with Gasteiger partial charge in [0.25, 0.3) is 5.91 Å². The van der Waals surface area contributed by atoms with E-state index in [2.05, 4.69) is 20.5 Å². The molecule has 1 heterocycles. The summed E-state index contributed by atoms with van der Waals surface area (Å²) in [6, 6.07) is 15.7. The molecule has 116 valence electrons. The molecule has 23 heavy (non-hydrogen) atoms. The molecule has 0 aliphatic heterocycles. The first kappa shape index (κ1) is 15.3. The number of nitrogens with zero attached hydrogens (tertiary/aromatic N) is 2. The molecule has 0 aliphatic carbocycles. The summed E-state index contributed by atoms with van der Waals surface area (Å²) >= 11 is 1.35. The fourth-order valence-electron chi connectivity index (χ4n) is 2.09. The van der Waals surface area contributed by atoms with Crippen molar-refractivity contribution in [2.45, 2.75) is 12.1 Å². The summed E-state index contributed by atoms with van der Waals surface area (Å²) in [5.74, 6) is 0.0877. The molecule has 2 N–H and O–H groups in total. The fourth-order valence-corrected chi connectivity index (χ4v) is 2.77. The van der Waals surface area contributed by atoms with Gasteiger partial charge < -0.3 is 4.98 Å². The van der Waals surface area contributed by atoms with Gasteiger partial charge in [0, 0.05) is 0 Å². The van der Waals surface area contributed by atoms with Crippen molar-refractivity contribution in [1.82, 2.24) is 15.4 Å². The van der Waals surface area contributed by atoms with Crippen LogP contribution in [-0.4, -0.2) is 27.8 Å². The molecular weight excluding hydrogens is 308 g/mol. The number of H-pyrrole nitrogens is 1. The van der Waals surface area contributed by atoms with Crippen LogP contribution in [-0.2, 0) is 4.79 Å². The first-order valence-corrected chi connectivity index (χ1v) is 8.15. The Bertz CT molecular complexity index is 823. The SMILES string of the molecule is Cc1cccc(C=NNC(=O)CSc2nc3ccccc3[nH]2)c1. The molecule has 2 aromatic carbocycles. The lowest BCUT2D eigenvalue weighted by atomic mass is 10.2.